The van der Waals surface area contributed by atoms with Gasteiger partial charge in [-0.05, 0) is 30.6 Å². The van der Waals surface area contributed by atoms with Crippen LogP contribution in [0.1, 0.15) is 16.8 Å². The first kappa shape index (κ1) is 14.4. The highest BCUT2D eigenvalue weighted by Gasteiger charge is 2.20. The maximum absolute atomic E-state index is 12.6. The molecule has 0 radical (unpaired) electrons. The van der Waals surface area contributed by atoms with Gasteiger partial charge in [-0.25, -0.2) is 9.78 Å². The Balaban J connectivity index is 2.66. The smallest absolute Gasteiger partial charge is 0.326 e. The van der Waals surface area contributed by atoms with Crippen LogP contribution in [0, 0.1) is 5.95 Å². The van der Waals surface area contributed by atoms with Crippen molar-refractivity contribution in [3.63, 3.8) is 0 Å². The number of carbonyl (C=O) groups is 2. The Hall–Kier alpha value is -1.63. The number of pyridine rings is 1. The van der Waals surface area contributed by atoms with E-state index in [0.717, 1.165) is 12.3 Å². The normalized spacial score (nSPS) is 11.9. The SMILES string of the molecule is CSCC[C@H](NC(=O)c1ccc(F)nc1)C(=O)O. The third kappa shape index (κ3) is 4.33. The summed E-state index contributed by atoms with van der Waals surface area (Å²) in [5, 5.41) is 11.3. The Morgan fingerprint density at radius 2 is 2.28 bits per heavy atom. The first-order valence-electron chi connectivity index (χ1n) is 5.18. The number of thioether (sulfide) groups is 1. The lowest BCUT2D eigenvalue weighted by molar-refractivity contribution is -0.139. The molecule has 1 aromatic rings. The maximum atomic E-state index is 12.6. The van der Waals surface area contributed by atoms with Gasteiger partial charge in [0.25, 0.3) is 5.91 Å². The molecule has 0 unspecified atom stereocenters. The van der Waals surface area contributed by atoms with Crippen LogP contribution in [0.2, 0.25) is 0 Å². The van der Waals surface area contributed by atoms with Gasteiger partial charge in [0.15, 0.2) is 0 Å². The van der Waals surface area contributed by atoms with Gasteiger partial charge in [-0.2, -0.15) is 16.2 Å². The fourth-order valence-electron chi connectivity index (χ4n) is 1.24. The van der Waals surface area contributed by atoms with Gasteiger partial charge in [0.2, 0.25) is 5.95 Å². The molecule has 0 saturated heterocycles. The number of rotatable bonds is 6. The van der Waals surface area contributed by atoms with Crippen LogP contribution in [-0.2, 0) is 4.79 Å². The van der Waals surface area contributed by atoms with Crippen molar-refractivity contribution in [2.75, 3.05) is 12.0 Å². The predicted octanol–water partition coefficient (Wildman–Crippen LogP) is 1.16. The van der Waals surface area contributed by atoms with Gasteiger partial charge in [-0.3, -0.25) is 4.79 Å². The topological polar surface area (TPSA) is 79.3 Å². The molecule has 0 aliphatic heterocycles. The summed E-state index contributed by atoms with van der Waals surface area (Å²) < 4.78 is 12.6. The second-order valence-electron chi connectivity index (χ2n) is 3.52. The van der Waals surface area contributed by atoms with E-state index in [1.54, 1.807) is 0 Å². The van der Waals surface area contributed by atoms with Crippen LogP contribution in [0.15, 0.2) is 18.3 Å². The summed E-state index contributed by atoms with van der Waals surface area (Å²) in [7, 11) is 0. The number of halogens is 1. The van der Waals surface area contributed by atoms with E-state index in [2.05, 4.69) is 10.3 Å². The van der Waals surface area contributed by atoms with E-state index in [4.69, 9.17) is 5.11 Å². The molecule has 1 aromatic heterocycles. The first-order chi connectivity index (χ1) is 8.54. The minimum Gasteiger partial charge on any atom is -0.480 e. The highest BCUT2D eigenvalue weighted by atomic mass is 32.2. The summed E-state index contributed by atoms with van der Waals surface area (Å²) >= 11 is 1.50. The van der Waals surface area contributed by atoms with E-state index >= 15 is 0 Å². The van der Waals surface area contributed by atoms with Crippen LogP contribution in [0.5, 0.6) is 0 Å². The van der Waals surface area contributed by atoms with Gasteiger partial charge in [-0.15, -0.1) is 0 Å². The Bertz CT molecular complexity index is 425. The predicted molar refractivity (Wildman–Crippen MR) is 66.1 cm³/mol. The number of carbonyl (C=O) groups excluding carboxylic acids is 1. The summed E-state index contributed by atoms with van der Waals surface area (Å²) in [6.45, 7) is 0. The number of nitrogens with one attached hydrogen (secondary N) is 1. The number of aromatic nitrogens is 1. The Morgan fingerprint density at radius 3 is 2.78 bits per heavy atom. The summed E-state index contributed by atoms with van der Waals surface area (Å²) in [5.41, 5.74) is 0.131. The summed E-state index contributed by atoms with van der Waals surface area (Å²) in [5.74, 6) is -1.73. The highest BCUT2D eigenvalue weighted by Crippen LogP contribution is 2.04. The maximum Gasteiger partial charge on any atom is 0.326 e. The minimum absolute atomic E-state index is 0.131. The van der Waals surface area contributed by atoms with Crippen molar-refractivity contribution < 1.29 is 19.1 Å². The lowest BCUT2D eigenvalue weighted by atomic mass is 10.2. The number of carboxylic acids is 1. The fourth-order valence-corrected chi connectivity index (χ4v) is 1.72. The molecule has 1 rings (SSSR count). The van der Waals surface area contributed by atoms with Crippen LogP contribution in [0.4, 0.5) is 4.39 Å². The van der Waals surface area contributed by atoms with Crippen LogP contribution in [0.25, 0.3) is 0 Å². The molecule has 98 valence electrons. The molecule has 0 fully saturated rings. The van der Waals surface area contributed by atoms with Crippen molar-refractivity contribution >= 4 is 23.6 Å². The van der Waals surface area contributed by atoms with Gasteiger partial charge >= 0.3 is 5.97 Å². The van der Waals surface area contributed by atoms with E-state index in [1.807, 2.05) is 6.26 Å². The van der Waals surface area contributed by atoms with E-state index in [-0.39, 0.29) is 5.56 Å². The third-order valence-corrected chi connectivity index (χ3v) is 2.85. The van der Waals surface area contributed by atoms with Gasteiger partial charge in [-0.1, -0.05) is 0 Å². The zero-order valence-electron chi connectivity index (χ0n) is 9.72. The van der Waals surface area contributed by atoms with Crippen molar-refractivity contribution in [1.82, 2.24) is 10.3 Å². The van der Waals surface area contributed by atoms with Crippen LogP contribution in [-0.4, -0.2) is 40.0 Å². The number of nitrogens with zero attached hydrogens (tertiary/aromatic N) is 1. The molecule has 0 aromatic carbocycles. The molecule has 7 heteroatoms. The van der Waals surface area contributed by atoms with Crippen LogP contribution in [0.3, 0.4) is 0 Å². The molecule has 5 nitrogen and oxygen atoms in total. The molecule has 0 spiro atoms. The molecular weight excluding hydrogens is 259 g/mol. The fraction of sp³-hybridized carbons (Fsp3) is 0.364. The standard InChI is InChI=1S/C11H13FN2O3S/c1-18-5-4-8(11(16)17)14-10(15)7-2-3-9(12)13-6-7/h2-3,6,8H,4-5H2,1H3,(H,14,15)(H,16,17)/t8-/m0/s1. The molecule has 1 heterocycles. The summed E-state index contributed by atoms with van der Waals surface area (Å²) in [4.78, 5) is 26.0. The number of carboxylic acid groups (broad SMARTS) is 1. The largest absolute Gasteiger partial charge is 0.480 e. The van der Waals surface area contributed by atoms with Crippen molar-refractivity contribution in [2.24, 2.45) is 0 Å². The Morgan fingerprint density at radius 1 is 1.56 bits per heavy atom. The Labute approximate surface area is 108 Å². The summed E-state index contributed by atoms with van der Waals surface area (Å²) in [6.07, 6.45) is 3.25. The van der Waals surface area contributed by atoms with E-state index < -0.39 is 23.9 Å². The van der Waals surface area contributed by atoms with Crippen LogP contribution < -0.4 is 5.32 Å². The lowest BCUT2D eigenvalue weighted by Crippen LogP contribution is -2.41. The quantitative estimate of drug-likeness (QED) is 0.760. The van der Waals surface area contributed by atoms with Gasteiger partial charge in [0.1, 0.15) is 6.04 Å². The lowest BCUT2D eigenvalue weighted by Gasteiger charge is -2.13. The van der Waals surface area contributed by atoms with Crippen molar-refractivity contribution in [1.29, 1.82) is 0 Å². The van der Waals surface area contributed by atoms with Gasteiger partial charge in [0, 0.05) is 6.20 Å². The number of hydrogen-bond acceptors (Lipinski definition) is 4. The number of hydrogen-bond donors (Lipinski definition) is 2. The van der Waals surface area contributed by atoms with Gasteiger partial charge in [0.05, 0.1) is 5.56 Å². The molecule has 1 amide bonds. The molecule has 0 saturated carbocycles. The average Bonchev–Trinajstić information content (AvgIpc) is 2.34. The molecule has 1 atom stereocenters. The Kier molecular flexibility index (Phi) is 5.57. The van der Waals surface area contributed by atoms with Crippen molar-refractivity contribution in [3.05, 3.63) is 29.8 Å². The van der Waals surface area contributed by atoms with Crippen molar-refractivity contribution in [3.8, 4) is 0 Å². The van der Waals surface area contributed by atoms with Crippen molar-refractivity contribution in [2.45, 2.75) is 12.5 Å². The number of aliphatic carboxylic acids is 1. The second-order valence-corrected chi connectivity index (χ2v) is 4.50. The monoisotopic (exact) mass is 272 g/mol. The molecule has 18 heavy (non-hydrogen) atoms. The molecule has 0 aliphatic rings. The molecule has 2 N–H and O–H groups in total. The number of amides is 1. The van der Waals surface area contributed by atoms with E-state index in [0.29, 0.717) is 12.2 Å². The first-order valence-corrected chi connectivity index (χ1v) is 6.58. The van der Waals surface area contributed by atoms with E-state index in [9.17, 15) is 14.0 Å². The zero-order chi connectivity index (χ0) is 13.5. The van der Waals surface area contributed by atoms with Gasteiger partial charge < -0.3 is 10.4 Å². The molecule has 0 aliphatic carbocycles. The van der Waals surface area contributed by atoms with E-state index in [1.165, 1.54) is 17.8 Å². The minimum atomic E-state index is -1.09. The summed E-state index contributed by atoms with van der Waals surface area (Å²) in [6, 6.07) is 1.35. The highest BCUT2D eigenvalue weighted by molar-refractivity contribution is 7.98. The third-order valence-electron chi connectivity index (χ3n) is 2.20. The zero-order valence-corrected chi connectivity index (χ0v) is 10.5. The second kappa shape index (κ2) is 6.95. The average molecular weight is 272 g/mol. The molecule has 0 bridgehead atoms. The molecular formula is C11H13FN2O3S. The van der Waals surface area contributed by atoms with Crippen LogP contribution >= 0.6 is 11.8 Å².